The van der Waals surface area contributed by atoms with E-state index in [1.807, 2.05) is 19.1 Å². The SMILES string of the molecule is COc1cccc(OCC(=O)N[C@@H](C)c2cc(C)c(C)cc2C)c1. The van der Waals surface area contributed by atoms with E-state index in [9.17, 15) is 4.79 Å². The van der Waals surface area contributed by atoms with Crippen LogP contribution in [-0.4, -0.2) is 19.6 Å². The van der Waals surface area contributed by atoms with Crippen LogP contribution in [0.3, 0.4) is 0 Å². The molecule has 0 bridgehead atoms. The Labute approximate surface area is 143 Å². The summed E-state index contributed by atoms with van der Waals surface area (Å²) < 4.78 is 10.7. The summed E-state index contributed by atoms with van der Waals surface area (Å²) in [5.41, 5.74) is 4.80. The normalized spacial score (nSPS) is 11.7. The van der Waals surface area contributed by atoms with E-state index >= 15 is 0 Å². The Bertz CT molecular complexity index is 725. The molecule has 0 aliphatic heterocycles. The van der Waals surface area contributed by atoms with Crippen LogP contribution in [-0.2, 0) is 4.79 Å². The number of aryl methyl sites for hydroxylation is 3. The molecule has 0 unspecified atom stereocenters. The van der Waals surface area contributed by atoms with Gasteiger partial charge in [-0.3, -0.25) is 4.79 Å². The van der Waals surface area contributed by atoms with Crippen molar-refractivity contribution in [3.8, 4) is 11.5 Å². The quantitative estimate of drug-likeness (QED) is 0.876. The van der Waals surface area contributed by atoms with Crippen LogP contribution in [0.25, 0.3) is 0 Å². The Morgan fingerprint density at radius 2 is 1.71 bits per heavy atom. The van der Waals surface area contributed by atoms with E-state index in [-0.39, 0.29) is 18.6 Å². The molecule has 128 valence electrons. The predicted octanol–water partition coefficient (Wildman–Crippen LogP) is 3.88. The van der Waals surface area contributed by atoms with E-state index < -0.39 is 0 Å². The van der Waals surface area contributed by atoms with Crippen LogP contribution in [0.5, 0.6) is 11.5 Å². The first-order valence-corrected chi connectivity index (χ1v) is 8.04. The van der Waals surface area contributed by atoms with E-state index in [0.29, 0.717) is 11.5 Å². The lowest BCUT2D eigenvalue weighted by atomic mass is 9.96. The van der Waals surface area contributed by atoms with Crippen LogP contribution in [0.4, 0.5) is 0 Å². The molecule has 0 aliphatic rings. The third kappa shape index (κ3) is 4.51. The van der Waals surface area contributed by atoms with Crippen molar-refractivity contribution in [1.29, 1.82) is 0 Å². The smallest absolute Gasteiger partial charge is 0.258 e. The van der Waals surface area contributed by atoms with Crippen molar-refractivity contribution in [3.63, 3.8) is 0 Å². The number of rotatable bonds is 6. The molecule has 24 heavy (non-hydrogen) atoms. The number of hydrogen-bond donors (Lipinski definition) is 1. The van der Waals surface area contributed by atoms with Crippen molar-refractivity contribution < 1.29 is 14.3 Å². The Kier molecular flexibility index (Phi) is 5.85. The van der Waals surface area contributed by atoms with Gasteiger partial charge in [0.1, 0.15) is 11.5 Å². The Hall–Kier alpha value is -2.49. The van der Waals surface area contributed by atoms with Crippen LogP contribution >= 0.6 is 0 Å². The minimum Gasteiger partial charge on any atom is -0.497 e. The summed E-state index contributed by atoms with van der Waals surface area (Å²) in [4.78, 5) is 12.2. The molecule has 1 atom stereocenters. The second kappa shape index (κ2) is 7.86. The van der Waals surface area contributed by atoms with Crippen LogP contribution in [0.2, 0.25) is 0 Å². The van der Waals surface area contributed by atoms with Gasteiger partial charge in [-0.25, -0.2) is 0 Å². The first-order chi connectivity index (χ1) is 11.4. The van der Waals surface area contributed by atoms with Gasteiger partial charge < -0.3 is 14.8 Å². The Morgan fingerprint density at radius 1 is 1.04 bits per heavy atom. The van der Waals surface area contributed by atoms with Crippen molar-refractivity contribution in [1.82, 2.24) is 5.32 Å². The van der Waals surface area contributed by atoms with E-state index in [1.165, 1.54) is 16.7 Å². The van der Waals surface area contributed by atoms with E-state index in [0.717, 1.165) is 5.56 Å². The van der Waals surface area contributed by atoms with Gasteiger partial charge in [-0.05, 0) is 62.1 Å². The molecule has 0 fully saturated rings. The molecule has 0 spiro atoms. The average Bonchev–Trinajstić information content (AvgIpc) is 2.56. The number of hydrogen-bond acceptors (Lipinski definition) is 3. The topological polar surface area (TPSA) is 47.6 Å². The van der Waals surface area contributed by atoms with Gasteiger partial charge >= 0.3 is 0 Å². The molecule has 1 N–H and O–H groups in total. The Morgan fingerprint density at radius 3 is 2.42 bits per heavy atom. The summed E-state index contributed by atoms with van der Waals surface area (Å²) in [5.74, 6) is 1.16. The van der Waals surface area contributed by atoms with Crippen LogP contribution in [0.15, 0.2) is 36.4 Å². The van der Waals surface area contributed by atoms with Crippen LogP contribution in [0, 0.1) is 20.8 Å². The third-order valence-electron chi connectivity index (χ3n) is 4.14. The second-order valence-corrected chi connectivity index (χ2v) is 6.05. The maximum Gasteiger partial charge on any atom is 0.258 e. The molecule has 2 aromatic carbocycles. The number of carbonyl (C=O) groups is 1. The number of carbonyl (C=O) groups excluding carboxylic acids is 1. The Balaban J connectivity index is 1.95. The van der Waals surface area contributed by atoms with Gasteiger partial charge in [-0.15, -0.1) is 0 Å². The highest BCUT2D eigenvalue weighted by atomic mass is 16.5. The lowest BCUT2D eigenvalue weighted by Crippen LogP contribution is -2.31. The molecule has 1 amide bonds. The summed E-state index contributed by atoms with van der Waals surface area (Å²) >= 11 is 0. The van der Waals surface area contributed by atoms with Crippen molar-refractivity contribution in [3.05, 3.63) is 58.7 Å². The average molecular weight is 327 g/mol. The maximum atomic E-state index is 12.2. The van der Waals surface area contributed by atoms with E-state index in [1.54, 1.807) is 19.2 Å². The molecule has 0 saturated heterocycles. The third-order valence-corrected chi connectivity index (χ3v) is 4.14. The number of nitrogens with one attached hydrogen (secondary N) is 1. The van der Waals surface area contributed by atoms with E-state index in [2.05, 4.69) is 38.2 Å². The zero-order valence-electron chi connectivity index (χ0n) is 15.0. The van der Waals surface area contributed by atoms with Crippen molar-refractivity contribution in [2.24, 2.45) is 0 Å². The maximum absolute atomic E-state index is 12.2. The highest BCUT2D eigenvalue weighted by Gasteiger charge is 2.13. The van der Waals surface area contributed by atoms with Crippen molar-refractivity contribution in [2.75, 3.05) is 13.7 Å². The van der Waals surface area contributed by atoms with E-state index in [4.69, 9.17) is 9.47 Å². The molecule has 0 heterocycles. The summed E-state index contributed by atoms with van der Waals surface area (Å²) in [6.45, 7) is 8.20. The van der Waals surface area contributed by atoms with Gasteiger partial charge in [0.15, 0.2) is 6.61 Å². The van der Waals surface area contributed by atoms with Gasteiger partial charge in [0.25, 0.3) is 5.91 Å². The van der Waals surface area contributed by atoms with Crippen LogP contribution in [0.1, 0.15) is 35.2 Å². The zero-order valence-corrected chi connectivity index (χ0v) is 15.0. The van der Waals surface area contributed by atoms with Crippen molar-refractivity contribution >= 4 is 5.91 Å². The zero-order chi connectivity index (χ0) is 17.7. The first kappa shape index (κ1) is 17.9. The fraction of sp³-hybridized carbons (Fsp3) is 0.350. The predicted molar refractivity (Wildman–Crippen MR) is 95.7 cm³/mol. The van der Waals surface area contributed by atoms with Gasteiger partial charge in [0, 0.05) is 6.07 Å². The minimum absolute atomic E-state index is 0.0264. The molecule has 0 saturated carbocycles. The second-order valence-electron chi connectivity index (χ2n) is 6.05. The number of methoxy groups -OCH3 is 1. The monoisotopic (exact) mass is 327 g/mol. The number of amides is 1. The molecular formula is C20H25NO3. The van der Waals surface area contributed by atoms with Crippen LogP contribution < -0.4 is 14.8 Å². The lowest BCUT2D eigenvalue weighted by Gasteiger charge is -2.18. The highest BCUT2D eigenvalue weighted by molar-refractivity contribution is 5.78. The summed E-state index contributed by atoms with van der Waals surface area (Å²) in [6.07, 6.45) is 0. The summed E-state index contributed by atoms with van der Waals surface area (Å²) in [5, 5.41) is 2.99. The molecule has 4 heteroatoms. The fourth-order valence-corrected chi connectivity index (χ4v) is 2.65. The first-order valence-electron chi connectivity index (χ1n) is 8.04. The van der Waals surface area contributed by atoms with Gasteiger partial charge in [0.2, 0.25) is 0 Å². The molecule has 2 rings (SSSR count). The summed E-state index contributed by atoms with van der Waals surface area (Å²) in [7, 11) is 1.60. The summed E-state index contributed by atoms with van der Waals surface area (Å²) in [6, 6.07) is 11.4. The number of ether oxygens (including phenoxy) is 2. The largest absolute Gasteiger partial charge is 0.497 e. The van der Waals surface area contributed by atoms with Crippen molar-refractivity contribution in [2.45, 2.75) is 33.7 Å². The fourth-order valence-electron chi connectivity index (χ4n) is 2.65. The lowest BCUT2D eigenvalue weighted by molar-refractivity contribution is -0.123. The molecule has 0 aliphatic carbocycles. The molecule has 0 radical (unpaired) electrons. The highest BCUT2D eigenvalue weighted by Crippen LogP contribution is 2.22. The minimum atomic E-state index is -0.150. The molecule has 2 aromatic rings. The molecule has 4 nitrogen and oxygen atoms in total. The van der Waals surface area contributed by atoms with Gasteiger partial charge in [-0.2, -0.15) is 0 Å². The van der Waals surface area contributed by atoms with Gasteiger partial charge in [-0.1, -0.05) is 18.2 Å². The molecule has 0 aromatic heterocycles. The number of benzene rings is 2. The van der Waals surface area contributed by atoms with Gasteiger partial charge in [0.05, 0.1) is 13.2 Å². The molecular weight excluding hydrogens is 302 g/mol. The standard InChI is InChI=1S/C20H25NO3/c1-13-9-15(3)19(10-14(13)2)16(4)21-20(22)12-24-18-8-6-7-17(11-18)23-5/h6-11,16H,12H2,1-5H3,(H,21,22)/t16-/m0/s1.